The van der Waals surface area contributed by atoms with E-state index in [1.807, 2.05) is 44.4 Å². The van der Waals surface area contributed by atoms with Crippen LogP contribution >= 0.6 is 0 Å². The number of ether oxygens (including phenoxy) is 2. The average Bonchev–Trinajstić information content (AvgIpc) is 2.93. The largest absolute Gasteiger partial charge is 0.490 e. The summed E-state index contributed by atoms with van der Waals surface area (Å²) in [5.74, 6) is 1.90. The molecule has 28 heavy (non-hydrogen) atoms. The molecular formula is C21H27FN4O2. The van der Waals surface area contributed by atoms with Crippen molar-refractivity contribution in [3.8, 4) is 11.5 Å². The number of hydrogen-bond acceptors (Lipinski definition) is 4. The number of rotatable bonds is 5. The number of hydrogen-bond donors (Lipinski definition) is 2. The van der Waals surface area contributed by atoms with Crippen LogP contribution in [-0.2, 0) is 0 Å². The Morgan fingerprint density at radius 2 is 1.82 bits per heavy atom. The summed E-state index contributed by atoms with van der Waals surface area (Å²) in [5, 5.41) is 6.62. The fraction of sp³-hybridized carbons (Fsp3) is 0.381. The Balaban J connectivity index is 1.65. The molecule has 0 saturated carbocycles. The second-order valence-electron chi connectivity index (χ2n) is 6.82. The lowest BCUT2D eigenvalue weighted by Crippen LogP contribution is -2.38. The van der Waals surface area contributed by atoms with Gasteiger partial charge in [-0.05, 0) is 43.9 Å². The molecule has 1 atom stereocenters. The van der Waals surface area contributed by atoms with Gasteiger partial charge in [0.1, 0.15) is 5.82 Å². The molecule has 1 heterocycles. The van der Waals surface area contributed by atoms with E-state index < -0.39 is 0 Å². The second kappa shape index (κ2) is 9.41. The smallest absolute Gasteiger partial charge is 0.195 e. The Labute approximate surface area is 165 Å². The van der Waals surface area contributed by atoms with Crippen molar-refractivity contribution in [1.82, 2.24) is 10.2 Å². The van der Waals surface area contributed by atoms with Gasteiger partial charge in [0, 0.05) is 31.8 Å². The van der Waals surface area contributed by atoms with Gasteiger partial charge in [-0.25, -0.2) is 4.39 Å². The highest BCUT2D eigenvalue weighted by atomic mass is 19.1. The number of aliphatic imine (C=N–C) groups is 1. The molecule has 150 valence electrons. The summed E-state index contributed by atoms with van der Waals surface area (Å²) in [6.45, 7) is 1.92. The molecule has 1 aliphatic heterocycles. The number of halogens is 1. The first-order valence-corrected chi connectivity index (χ1v) is 9.36. The van der Waals surface area contributed by atoms with Crippen molar-refractivity contribution >= 4 is 11.6 Å². The molecular weight excluding hydrogens is 359 g/mol. The lowest BCUT2D eigenvalue weighted by Gasteiger charge is -2.26. The van der Waals surface area contributed by atoms with Crippen molar-refractivity contribution in [3.05, 3.63) is 53.8 Å². The van der Waals surface area contributed by atoms with Gasteiger partial charge in [0.2, 0.25) is 0 Å². The Bertz CT molecular complexity index is 809. The van der Waals surface area contributed by atoms with Gasteiger partial charge < -0.3 is 25.0 Å². The third-order valence-electron chi connectivity index (χ3n) is 4.57. The maximum atomic E-state index is 13.2. The molecule has 0 fully saturated rings. The van der Waals surface area contributed by atoms with Crippen LogP contribution in [0.5, 0.6) is 11.5 Å². The highest BCUT2D eigenvalue weighted by molar-refractivity contribution is 5.93. The van der Waals surface area contributed by atoms with Gasteiger partial charge in [-0.1, -0.05) is 12.1 Å². The van der Waals surface area contributed by atoms with Crippen LogP contribution in [0.25, 0.3) is 0 Å². The topological polar surface area (TPSA) is 58.1 Å². The van der Waals surface area contributed by atoms with Gasteiger partial charge in [-0.15, -0.1) is 0 Å². The van der Waals surface area contributed by atoms with Crippen molar-refractivity contribution in [2.45, 2.75) is 12.5 Å². The van der Waals surface area contributed by atoms with Gasteiger partial charge >= 0.3 is 0 Å². The predicted molar refractivity (Wildman–Crippen MR) is 110 cm³/mol. The van der Waals surface area contributed by atoms with Crippen LogP contribution in [0.15, 0.2) is 47.5 Å². The molecule has 0 spiro atoms. The molecule has 7 heteroatoms. The van der Waals surface area contributed by atoms with Gasteiger partial charge in [0.25, 0.3) is 0 Å². The van der Waals surface area contributed by atoms with Crippen LogP contribution < -0.4 is 20.1 Å². The molecule has 0 aromatic heterocycles. The molecule has 1 unspecified atom stereocenters. The summed E-state index contributed by atoms with van der Waals surface area (Å²) in [6.07, 6.45) is 0.871. The van der Waals surface area contributed by atoms with E-state index in [9.17, 15) is 4.39 Å². The zero-order valence-corrected chi connectivity index (χ0v) is 16.5. The third-order valence-corrected chi connectivity index (χ3v) is 4.57. The van der Waals surface area contributed by atoms with Crippen LogP contribution in [0.1, 0.15) is 18.0 Å². The lowest BCUT2D eigenvalue weighted by molar-refractivity contribution is 0.297. The van der Waals surface area contributed by atoms with Crippen LogP contribution in [0.3, 0.4) is 0 Å². The summed E-state index contributed by atoms with van der Waals surface area (Å²) < 4.78 is 24.6. The lowest BCUT2D eigenvalue weighted by atomic mass is 10.1. The van der Waals surface area contributed by atoms with Crippen molar-refractivity contribution in [2.24, 2.45) is 4.99 Å². The zero-order valence-electron chi connectivity index (χ0n) is 16.5. The minimum absolute atomic E-state index is 0.0722. The van der Waals surface area contributed by atoms with Crippen LogP contribution in [0.4, 0.5) is 10.1 Å². The summed E-state index contributed by atoms with van der Waals surface area (Å²) in [5.41, 5.74) is 1.89. The fourth-order valence-electron chi connectivity index (χ4n) is 3.03. The number of nitrogens with one attached hydrogen (secondary N) is 2. The fourth-order valence-corrected chi connectivity index (χ4v) is 3.03. The maximum absolute atomic E-state index is 13.2. The molecule has 0 radical (unpaired) electrons. The molecule has 0 amide bonds. The monoisotopic (exact) mass is 386 g/mol. The van der Waals surface area contributed by atoms with Crippen molar-refractivity contribution in [1.29, 1.82) is 0 Å². The normalized spacial score (nSPS) is 15.1. The van der Waals surface area contributed by atoms with Crippen LogP contribution in [-0.4, -0.2) is 51.8 Å². The minimum Gasteiger partial charge on any atom is -0.490 e. The van der Waals surface area contributed by atoms with Gasteiger partial charge in [0.05, 0.1) is 19.3 Å². The SMILES string of the molecule is CN=C(NCC(c1ccc(F)cc1)N(C)C)Nc1ccc2c(c1)OCCCO2. The molecule has 0 saturated heterocycles. The Kier molecular flexibility index (Phi) is 6.71. The molecule has 2 N–H and O–H groups in total. The first kappa shape index (κ1) is 19.9. The number of anilines is 1. The average molecular weight is 386 g/mol. The van der Waals surface area contributed by atoms with E-state index in [-0.39, 0.29) is 11.9 Å². The summed E-state index contributed by atoms with van der Waals surface area (Å²) in [4.78, 5) is 6.38. The molecule has 0 bridgehead atoms. The standard InChI is InChI=1S/C21H27FN4O2/c1-23-21(24-14-18(26(2)3)15-5-7-16(22)8-6-15)25-17-9-10-19-20(13-17)28-12-4-11-27-19/h5-10,13,18H,4,11-12,14H2,1-3H3,(H2,23,24,25). The Hall–Kier alpha value is -2.80. The maximum Gasteiger partial charge on any atom is 0.195 e. The molecule has 6 nitrogen and oxygen atoms in total. The highest BCUT2D eigenvalue weighted by Gasteiger charge is 2.16. The number of likely N-dealkylation sites (N-methyl/N-ethyl adjacent to an activating group) is 1. The Morgan fingerprint density at radius 3 is 2.50 bits per heavy atom. The first-order chi connectivity index (χ1) is 13.6. The molecule has 2 aromatic carbocycles. The first-order valence-electron chi connectivity index (χ1n) is 9.36. The van der Waals surface area contributed by atoms with E-state index in [1.54, 1.807) is 7.05 Å². The number of nitrogens with zero attached hydrogens (tertiary/aromatic N) is 2. The van der Waals surface area contributed by atoms with Crippen molar-refractivity contribution < 1.29 is 13.9 Å². The van der Waals surface area contributed by atoms with Gasteiger partial charge in [-0.3, -0.25) is 4.99 Å². The highest BCUT2D eigenvalue weighted by Crippen LogP contribution is 2.32. The molecule has 3 rings (SSSR count). The summed E-state index contributed by atoms with van der Waals surface area (Å²) in [7, 11) is 5.71. The van der Waals surface area contributed by atoms with E-state index in [0.29, 0.717) is 25.7 Å². The molecule has 2 aromatic rings. The van der Waals surface area contributed by atoms with Gasteiger partial charge in [0.15, 0.2) is 17.5 Å². The zero-order chi connectivity index (χ0) is 19.9. The second-order valence-corrected chi connectivity index (χ2v) is 6.82. The predicted octanol–water partition coefficient (Wildman–Crippen LogP) is 3.28. The number of fused-ring (bicyclic) bond motifs is 1. The van der Waals surface area contributed by atoms with Crippen molar-refractivity contribution in [2.75, 3.05) is 46.2 Å². The Morgan fingerprint density at radius 1 is 1.11 bits per heavy atom. The summed E-state index contributed by atoms with van der Waals surface area (Å²) >= 11 is 0. The van der Waals surface area contributed by atoms with Crippen LogP contribution in [0.2, 0.25) is 0 Å². The van der Waals surface area contributed by atoms with Crippen molar-refractivity contribution in [3.63, 3.8) is 0 Å². The van der Waals surface area contributed by atoms with E-state index in [0.717, 1.165) is 29.2 Å². The molecule has 1 aliphatic rings. The quantitative estimate of drug-likeness (QED) is 0.610. The van der Waals surface area contributed by atoms with E-state index in [2.05, 4.69) is 20.5 Å². The van der Waals surface area contributed by atoms with E-state index in [1.165, 1.54) is 12.1 Å². The van der Waals surface area contributed by atoms with E-state index in [4.69, 9.17) is 9.47 Å². The van der Waals surface area contributed by atoms with Crippen LogP contribution in [0, 0.1) is 5.82 Å². The van der Waals surface area contributed by atoms with E-state index >= 15 is 0 Å². The third kappa shape index (κ3) is 5.13. The summed E-state index contributed by atoms with van der Waals surface area (Å²) in [6, 6.07) is 12.4. The van der Waals surface area contributed by atoms with Gasteiger partial charge in [-0.2, -0.15) is 0 Å². The number of benzene rings is 2. The molecule has 0 aliphatic carbocycles. The minimum atomic E-state index is -0.235. The number of guanidine groups is 1.